The van der Waals surface area contributed by atoms with Gasteiger partial charge in [0.15, 0.2) is 0 Å². The van der Waals surface area contributed by atoms with Gasteiger partial charge in [0.1, 0.15) is 5.82 Å². The number of aromatic amines is 1. The summed E-state index contributed by atoms with van der Waals surface area (Å²) < 4.78 is 5.38. The van der Waals surface area contributed by atoms with Crippen molar-refractivity contribution in [1.29, 1.82) is 0 Å². The normalized spacial score (nSPS) is 11.9. The molecule has 1 heterocycles. The zero-order chi connectivity index (χ0) is 14.5. The molecule has 19 heavy (non-hydrogen) atoms. The minimum absolute atomic E-state index is 0.147. The fraction of sp³-hybridized carbons (Fsp3) is 0.769. The molecule has 0 aliphatic heterocycles. The molecule has 0 aliphatic rings. The van der Waals surface area contributed by atoms with Crippen molar-refractivity contribution >= 4 is 5.91 Å². The van der Waals surface area contributed by atoms with Crippen LogP contribution in [0.1, 0.15) is 51.1 Å². The zero-order valence-electron chi connectivity index (χ0n) is 12.4. The van der Waals surface area contributed by atoms with Gasteiger partial charge in [-0.1, -0.05) is 34.6 Å². The van der Waals surface area contributed by atoms with Crippen molar-refractivity contribution in [2.75, 3.05) is 19.8 Å². The van der Waals surface area contributed by atoms with Crippen LogP contribution in [0.25, 0.3) is 0 Å². The van der Waals surface area contributed by atoms with E-state index in [1.807, 2.05) is 20.8 Å². The Kier molecular flexibility index (Phi) is 5.47. The molecule has 1 amide bonds. The van der Waals surface area contributed by atoms with E-state index in [2.05, 4.69) is 34.3 Å². The number of hydrogen-bond acceptors (Lipinski definition) is 4. The summed E-state index contributed by atoms with van der Waals surface area (Å²) in [5.74, 6) is 1.10. The summed E-state index contributed by atoms with van der Waals surface area (Å²) >= 11 is 0. The summed E-state index contributed by atoms with van der Waals surface area (Å²) in [6.45, 7) is 11.9. The van der Waals surface area contributed by atoms with E-state index in [0.717, 1.165) is 0 Å². The summed E-state index contributed by atoms with van der Waals surface area (Å²) in [6, 6.07) is 0. The van der Waals surface area contributed by atoms with Gasteiger partial charge in [-0.15, -0.1) is 5.10 Å². The van der Waals surface area contributed by atoms with Crippen LogP contribution in [0.2, 0.25) is 0 Å². The monoisotopic (exact) mass is 268 g/mol. The largest absolute Gasteiger partial charge is 0.379 e. The maximum absolute atomic E-state index is 11.8. The first kappa shape index (κ1) is 15.6. The molecule has 108 valence electrons. The van der Waals surface area contributed by atoms with E-state index in [1.54, 1.807) is 0 Å². The fourth-order valence-corrected chi connectivity index (χ4v) is 1.33. The topological polar surface area (TPSA) is 79.9 Å². The molecule has 0 saturated carbocycles. The highest BCUT2D eigenvalue weighted by atomic mass is 16.5. The summed E-state index contributed by atoms with van der Waals surface area (Å²) in [4.78, 5) is 16.0. The van der Waals surface area contributed by atoms with Crippen LogP contribution in [-0.4, -0.2) is 40.8 Å². The molecule has 0 radical (unpaired) electrons. The van der Waals surface area contributed by atoms with Crippen molar-refractivity contribution in [3.8, 4) is 0 Å². The first-order valence-corrected chi connectivity index (χ1v) is 6.59. The third kappa shape index (κ3) is 5.38. The summed E-state index contributed by atoms with van der Waals surface area (Å²) in [5.41, 5.74) is -0.147. The predicted molar refractivity (Wildman–Crippen MR) is 73.1 cm³/mol. The van der Waals surface area contributed by atoms with Crippen LogP contribution in [0, 0.1) is 5.92 Å². The number of hydrogen-bond donors (Lipinski definition) is 2. The van der Waals surface area contributed by atoms with Crippen molar-refractivity contribution < 1.29 is 9.53 Å². The molecule has 1 aromatic rings. The van der Waals surface area contributed by atoms with Crippen molar-refractivity contribution in [3.05, 3.63) is 11.6 Å². The van der Waals surface area contributed by atoms with Crippen molar-refractivity contribution in [3.63, 3.8) is 0 Å². The Morgan fingerprint density at radius 2 is 2.11 bits per heavy atom. The highest BCUT2D eigenvalue weighted by Gasteiger charge is 2.20. The molecule has 2 N–H and O–H groups in total. The quantitative estimate of drug-likeness (QED) is 0.766. The van der Waals surface area contributed by atoms with Gasteiger partial charge in [-0.2, -0.15) is 0 Å². The van der Waals surface area contributed by atoms with E-state index in [1.165, 1.54) is 0 Å². The van der Waals surface area contributed by atoms with Crippen LogP contribution in [0.4, 0.5) is 0 Å². The van der Waals surface area contributed by atoms with Gasteiger partial charge >= 0.3 is 0 Å². The Morgan fingerprint density at radius 3 is 2.63 bits per heavy atom. The molecule has 0 bridgehead atoms. The maximum atomic E-state index is 11.8. The lowest BCUT2D eigenvalue weighted by atomic mass is 9.96. The van der Waals surface area contributed by atoms with Crippen LogP contribution < -0.4 is 5.32 Å². The number of ether oxygens (including phenoxy) is 1. The second-order valence-corrected chi connectivity index (χ2v) is 5.98. The summed E-state index contributed by atoms with van der Waals surface area (Å²) in [5, 5.41) is 9.44. The molecule has 6 nitrogen and oxygen atoms in total. The SMILES string of the molecule is CC(C)COCCNC(=O)c1n[nH]c(C(C)(C)C)n1. The van der Waals surface area contributed by atoms with E-state index < -0.39 is 0 Å². The molecule has 0 aliphatic carbocycles. The number of amides is 1. The molecule has 1 aromatic heterocycles. The van der Waals surface area contributed by atoms with Gasteiger partial charge in [0.2, 0.25) is 5.82 Å². The van der Waals surface area contributed by atoms with Gasteiger partial charge in [-0.05, 0) is 5.92 Å². The van der Waals surface area contributed by atoms with Gasteiger partial charge in [0.25, 0.3) is 5.91 Å². The van der Waals surface area contributed by atoms with Gasteiger partial charge in [-0.25, -0.2) is 4.98 Å². The lowest BCUT2D eigenvalue weighted by molar-refractivity contribution is 0.0878. The van der Waals surface area contributed by atoms with Gasteiger partial charge in [0.05, 0.1) is 6.61 Å². The summed E-state index contributed by atoms with van der Waals surface area (Å²) in [6.07, 6.45) is 0. The van der Waals surface area contributed by atoms with Gasteiger partial charge < -0.3 is 10.1 Å². The Labute approximate surface area is 114 Å². The third-order valence-electron chi connectivity index (χ3n) is 2.38. The lowest BCUT2D eigenvalue weighted by Crippen LogP contribution is -2.28. The Bertz CT molecular complexity index is 407. The second-order valence-electron chi connectivity index (χ2n) is 5.98. The molecule has 0 aromatic carbocycles. The van der Waals surface area contributed by atoms with Crippen LogP contribution in [0.15, 0.2) is 0 Å². The molecule has 0 atom stereocenters. The van der Waals surface area contributed by atoms with Gasteiger partial charge in [0, 0.05) is 18.6 Å². The van der Waals surface area contributed by atoms with Crippen molar-refractivity contribution in [1.82, 2.24) is 20.5 Å². The highest BCUT2D eigenvalue weighted by Crippen LogP contribution is 2.17. The average molecular weight is 268 g/mol. The Hall–Kier alpha value is -1.43. The summed E-state index contributed by atoms with van der Waals surface area (Å²) in [7, 11) is 0. The molecular weight excluding hydrogens is 244 g/mol. The van der Waals surface area contributed by atoms with Crippen LogP contribution in [0.3, 0.4) is 0 Å². The first-order chi connectivity index (χ1) is 8.80. The van der Waals surface area contributed by atoms with E-state index in [9.17, 15) is 4.79 Å². The maximum Gasteiger partial charge on any atom is 0.291 e. The molecule has 0 spiro atoms. The van der Waals surface area contributed by atoms with E-state index >= 15 is 0 Å². The fourth-order valence-electron chi connectivity index (χ4n) is 1.33. The molecule has 0 saturated heterocycles. The molecule has 0 fully saturated rings. The zero-order valence-corrected chi connectivity index (χ0v) is 12.4. The number of H-pyrrole nitrogens is 1. The lowest BCUT2D eigenvalue weighted by Gasteiger charge is -2.12. The number of nitrogens with zero attached hydrogens (tertiary/aromatic N) is 2. The average Bonchev–Trinajstić information content (AvgIpc) is 2.76. The number of carbonyl (C=O) groups excluding carboxylic acids is 1. The molecular formula is C13H24N4O2. The smallest absolute Gasteiger partial charge is 0.291 e. The second kappa shape index (κ2) is 6.65. The molecule has 0 unspecified atom stereocenters. The first-order valence-electron chi connectivity index (χ1n) is 6.59. The van der Waals surface area contributed by atoms with Crippen LogP contribution >= 0.6 is 0 Å². The van der Waals surface area contributed by atoms with Crippen molar-refractivity contribution in [2.24, 2.45) is 5.92 Å². The molecule has 6 heteroatoms. The molecule has 1 rings (SSSR count). The van der Waals surface area contributed by atoms with E-state index in [-0.39, 0.29) is 17.1 Å². The number of carbonyl (C=O) groups is 1. The number of aromatic nitrogens is 3. The third-order valence-corrected chi connectivity index (χ3v) is 2.38. The Morgan fingerprint density at radius 1 is 1.42 bits per heavy atom. The predicted octanol–water partition coefficient (Wildman–Crippen LogP) is 1.50. The standard InChI is InChI=1S/C13H24N4O2/c1-9(2)8-19-7-6-14-11(18)10-15-12(17-16-10)13(3,4)5/h9H,6-8H2,1-5H3,(H,14,18)(H,15,16,17). The minimum atomic E-state index is -0.278. The van der Waals surface area contributed by atoms with Crippen LogP contribution in [0.5, 0.6) is 0 Å². The van der Waals surface area contributed by atoms with Gasteiger partial charge in [-0.3, -0.25) is 9.89 Å². The number of nitrogens with one attached hydrogen (secondary N) is 2. The number of rotatable bonds is 6. The Balaban J connectivity index is 2.36. The van der Waals surface area contributed by atoms with E-state index in [0.29, 0.717) is 31.5 Å². The van der Waals surface area contributed by atoms with Crippen molar-refractivity contribution in [2.45, 2.75) is 40.0 Å². The van der Waals surface area contributed by atoms with E-state index in [4.69, 9.17) is 4.74 Å². The minimum Gasteiger partial charge on any atom is -0.379 e. The van der Waals surface area contributed by atoms with Crippen LogP contribution in [-0.2, 0) is 10.2 Å². The highest BCUT2D eigenvalue weighted by molar-refractivity contribution is 5.90.